The van der Waals surface area contributed by atoms with Gasteiger partial charge in [-0.2, -0.15) is 4.73 Å². The van der Waals surface area contributed by atoms with Crippen LogP contribution in [0.1, 0.15) is 0 Å². The first-order valence-electron chi connectivity index (χ1n) is 5.64. The van der Waals surface area contributed by atoms with Gasteiger partial charge in [-0.25, -0.2) is 19.3 Å². The number of fused-ring (bicyclic) bond motifs is 1. The molecule has 1 aromatic carbocycles. The standard InChI is InChI=1S/C12H9FN6O/c13-7-1-3-8(4-2-7)18-12-10-9(15-5-16-12)11(14)19(20)6-17-10/h1-6,14,20H,(H,15,16,18). The van der Waals surface area contributed by atoms with Crippen molar-refractivity contribution in [2.75, 3.05) is 5.32 Å². The van der Waals surface area contributed by atoms with Crippen molar-refractivity contribution in [1.82, 2.24) is 19.7 Å². The maximum atomic E-state index is 12.9. The molecular formula is C12H9FN6O. The second kappa shape index (κ2) is 4.57. The van der Waals surface area contributed by atoms with Crippen LogP contribution >= 0.6 is 0 Å². The Hall–Kier alpha value is -3.03. The van der Waals surface area contributed by atoms with Crippen molar-refractivity contribution < 1.29 is 9.60 Å². The first-order valence-corrected chi connectivity index (χ1v) is 5.64. The maximum absolute atomic E-state index is 12.9. The fourth-order valence-electron chi connectivity index (χ4n) is 1.71. The molecule has 0 saturated carbocycles. The lowest BCUT2D eigenvalue weighted by molar-refractivity contribution is 0.168. The largest absolute Gasteiger partial charge is 0.425 e. The van der Waals surface area contributed by atoms with Crippen molar-refractivity contribution in [1.29, 1.82) is 5.41 Å². The molecule has 20 heavy (non-hydrogen) atoms. The summed E-state index contributed by atoms with van der Waals surface area (Å²) in [7, 11) is 0. The van der Waals surface area contributed by atoms with Crippen LogP contribution in [0.5, 0.6) is 0 Å². The van der Waals surface area contributed by atoms with Crippen LogP contribution in [0, 0.1) is 11.2 Å². The Morgan fingerprint density at radius 2 is 1.85 bits per heavy atom. The highest BCUT2D eigenvalue weighted by Crippen LogP contribution is 2.19. The van der Waals surface area contributed by atoms with Crippen molar-refractivity contribution in [3.8, 4) is 0 Å². The van der Waals surface area contributed by atoms with E-state index in [9.17, 15) is 9.60 Å². The number of aromatic nitrogens is 4. The highest BCUT2D eigenvalue weighted by molar-refractivity contribution is 5.85. The molecule has 0 aliphatic rings. The van der Waals surface area contributed by atoms with Gasteiger partial charge in [-0.1, -0.05) is 0 Å². The molecule has 3 N–H and O–H groups in total. The quantitative estimate of drug-likeness (QED) is 0.613. The number of hydrogen-bond donors (Lipinski definition) is 3. The minimum atomic E-state index is -0.337. The number of halogens is 1. The predicted octanol–water partition coefficient (Wildman–Crippen LogP) is 1.43. The third kappa shape index (κ3) is 2.03. The summed E-state index contributed by atoms with van der Waals surface area (Å²) in [5, 5.41) is 20.0. The number of benzene rings is 1. The predicted molar refractivity (Wildman–Crippen MR) is 68.0 cm³/mol. The van der Waals surface area contributed by atoms with Crippen LogP contribution in [0.25, 0.3) is 11.0 Å². The van der Waals surface area contributed by atoms with Crippen molar-refractivity contribution in [2.45, 2.75) is 0 Å². The molecule has 3 rings (SSSR count). The highest BCUT2D eigenvalue weighted by atomic mass is 19.1. The third-order valence-corrected chi connectivity index (χ3v) is 2.68. The minimum Gasteiger partial charge on any atom is -0.425 e. The van der Waals surface area contributed by atoms with Gasteiger partial charge in [0.25, 0.3) is 0 Å². The average molecular weight is 272 g/mol. The molecule has 7 nitrogen and oxygen atoms in total. The van der Waals surface area contributed by atoms with E-state index in [1.54, 1.807) is 12.1 Å². The highest BCUT2D eigenvalue weighted by Gasteiger charge is 2.08. The van der Waals surface area contributed by atoms with Gasteiger partial charge in [0.2, 0.25) is 0 Å². The molecule has 100 valence electrons. The lowest BCUT2D eigenvalue weighted by Gasteiger charge is -2.08. The van der Waals surface area contributed by atoms with Gasteiger partial charge in [0.1, 0.15) is 29.5 Å². The second-order valence-corrected chi connectivity index (χ2v) is 3.99. The molecule has 8 heteroatoms. The number of nitrogens with zero attached hydrogens (tertiary/aromatic N) is 4. The summed E-state index contributed by atoms with van der Waals surface area (Å²) in [5.74, 6) is 0.0340. The van der Waals surface area contributed by atoms with Crippen LogP contribution in [-0.2, 0) is 0 Å². The molecule has 0 spiro atoms. The van der Waals surface area contributed by atoms with Gasteiger partial charge < -0.3 is 10.5 Å². The van der Waals surface area contributed by atoms with E-state index >= 15 is 0 Å². The Morgan fingerprint density at radius 3 is 2.60 bits per heavy atom. The molecule has 0 aliphatic carbocycles. The van der Waals surface area contributed by atoms with E-state index in [2.05, 4.69) is 20.3 Å². The van der Waals surface area contributed by atoms with Crippen molar-refractivity contribution in [2.24, 2.45) is 0 Å². The summed E-state index contributed by atoms with van der Waals surface area (Å²) < 4.78 is 13.4. The Kier molecular flexibility index (Phi) is 2.75. The molecule has 0 aliphatic heterocycles. The van der Waals surface area contributed by atoms with E-state index < -0.39 is 0 Å². The second-order valence-electron chi connectivity index (χ2n) is 3.99. The van der Waals surface area contributed by atoms with E-state index in [1.165, 1.54) is 18.5 Å². The summed E-state index contributed by atoms with van der Waals surface area (Å²) in [6.07, 6.45) is 2.35. The average Bonchev–Trinajstić information content (AvgIpc) is 2.46. The van der Waals surface area contributed by atoms with E-state index in [0.717, 1.165) is 6.33 Å². The van der Waals surface area contributed by atoms with Crippen molar-refractivity contribution in [3.05, 3.63) is 48.2 Å². The van der Waals surface area contributed by atoms with Gasteiger partial charge in [0, 0.05) is 5.69 Å². The fourth-order valence-corrected chi connectivity index (χ4v) is 1.71. The summed E-state index contributed by atoms with van der Waals surface area (Å²) in [6.45, 7) is 0. The van der Waals surface area contributed by atoms with Gasteiger partial charge in [-0.15, -0.1) is 0 Å². The monoisotopic (exact) mass is 272 g/mol. The van der Waals surface area contributed by atoms with Gasteiger partial charge in [-0.3, -0.25) is 5.41 Å². The lowest BCUT2D eigenvalue weighted by Crippen LogP contribution is -2.19. The van der Waals surface area contributed by atoms with Crippen LogP contribution < -0.4 is 10.8 Å². The number of rotatable bonds is 2. The van der Waals surface area contributed by atoms with E-state index in [4.69, 9.17) is 5.41 Å². The first-order chi connectivity index (χ1) is 9.65. The fraction of sp³-hybridized carbons (Fsp3) is 0. The topological polar surface area (TPSA) is 99.7 Å². The Morgan fingerprint density at radius 1 is 1.10 bits per heavy atom. The Bertz CT molecular complexity index is 829. The molecule has 0 bridgehead atoms. The number of hydrogen-bond acceptors (Lipinski definition) is 6. The molecule has 0 saturated heterocycles. The molecular weight excluding hydrogens is 263 g/mol. The molecule has 2 heterocycles. The molecule has 0 atom stereocenters. The normalized spacial score (nSPS) is 10.7. The lowest BCUT2D eigenvalue weighted by atomic mass is 10.3. The number of nitrogens with one attached hydrogen (secondary N) is 2. The van der Waals surface area contributed by atoms with Gasteiger partial charge in [0.15, 0.2) is 11.3 Å². The third-order valence-electron chi connectivity index (χ3n) is 2.68. The van der Waals surface area contributed by atoms with Crippen LogP contribution in [0.2, 0.25) is 0 Å². The van der Waals surface area contributed by atoms with Crippen LogP contribution in [0.3, 0.4) is 0 Å². The maximum Gasteiger partial charge on any atom is 0.190 e. The van der Waals surface area contributed by atoms with E-state index in [0.29, 0.717) is 21.8 Å². The minimum absolute atomic E-state index is 0.195. The van der Waals surface area contributed by atoms with Gasteiger partial charge in [-0.05, 0) is 24.3 Å². The smallest absolute Gasteiger partial charge is 0.190 e. The SMILES string of the molecule is N=c1c2ncnc(Nc3ccc(F)cc3)c2ncn1O. The Balaban J connectivity index is 2.10. The molecule has 0 amide bonds. The molecule has 0 unspecified atom stereocenters. The molecule has 0 radical (unpaired) electrons. The van der Waals surface area contributed by atoms with Crippen LogP contribution in [0.15, 0.2) is 36.9 Å². The zero-order chi connectivity index (χ0) is 14.1. The first kappa shape index (κ1) is 12.0. The molecule has 3 aromatic rings. The van der Waals surface area contributed by atoms with Gasteiger partial charge >= 0.3 is 0 Å². The summed E-state index contributed by atoms with van der Waals surface area (Å²) in [4.78, 5) is 11.9. The van der Waals surface area contributed by atoms with Crippen molar-refractivity contribution >= 4 is 22.5 Å². The summed E-state index contributed by atoms with van der Waals surface area (Å²) in [5.41, 5.74) is 0.974. The van der Waals surface area contributed by atoms with E-state index in [-0.39, 0.29) is 16.8 Å². The zero-order valence-electron chi connectivity index (χ0n) is 10.1. The van der Waals surface area contributed by atoms with Crippen LogP contribution in [0.4, 0.5) is 15.9 Å². The summed E-state index contributed by atoms with van der Waals surface area (Å²) in [6, 6.07) is 5.74. The molecule has 2 aromatic heterocycles. The van der Waals surface area contributed by atoms with Crippen LogP contribution in [-0.4, -0.2) is 24.9 Å². The Labute approximate surface area is 111 Å². The van der Waals surface area contributed by atoms with Gasteiger partial charge in [0.05, 0.1) is 0 Å². The zero-order valence-corrected chi connectivity index (χ0v) is 10.1. The molecule has 0 fully saturated rings. The van der Waals surface area contributed by atoms with Crippen molar-refractivity contribution in [3.63, 3.8) is 0 Å². The van der Waals surface area contributed by atoms with E-state index in [1.807, 2.05) is 0 Å². The summed E-state index contributed by atoms with van der Waals surface area (Å²) >= 11 is 0. The number of anilines is 2.